The number of amides is 1. The summed E-state index contributed by atoms with van der Waals surface area (Å²) in [7, 11) is 0. The molecule has 0 saturated heterocycles. The molecule has 1 N–H and O–H groups in total. The van der Waals surface area contributed by atoms with Gasteiger partial charge in [-0.1, -0.05) is 36.4 Å². The van der Waals surface area contributed by atoms with Gasteiger partial charge in [-0.2, -0.15) is 5.10 Å². The fourth-order valence-electron chi connectivity index (χ4n) is 2.14. The lowest BCUT2D eigenvalue weighted by atomic mass is 10.1. The van der Waals surface area contributed by atoms with Gasteiger partial charge in [0.25, 0.3) is 11.5 Å². The summed E-state index contributed by atoms with van der Waals surface area (Å²) in [5.74, 6) is -0.132. The van der Waals surface area contributed by atoms with Gasteiger partial charge in [-0.25, -0.2) is 4.68 Å². The molecule has 0 aliphatic rings. The molecule has 3 rings (SSSR count). The van der Waals surface area contributed by atoms with Gasteiger partial charge in [-0.3, -0.25) is 9.59 Å². The molecule has 0 fully saturated rings. The number of carbonyl (C=O) groups is 1. The zero-order valence-corrected chi connectivity index (χ0v) is 13.1. The molecule has 0 aliphatic carbocycles. The summed E-state index contributed by atoms with van der Waals surface area (Å²) in [5, 5.41) is 9.00. The van der Waals surface area contributed by atoms with Gasteiger partial charge in [-0.05, 0) is 17.5 Å². The van der Waals surface area contributed by atoms with E-state index in [4.69, 9.17) is 0 Å². The van der Waals surface area contributed by atoms with E-state index in [1.54, 1.807) is 12.1 Å². The van der Waals surface area contributed by atoms with Gasteiger partial charge in [0, 0.05) is 18.2 Å². The molecule has 23 heavy (non-hydrogen) atoms. The number of benzene rings is 1. The Hall–Kier alpha value is -2.73. The van der Waals surface area contributed by atoms with E-state index < -0.39 is 0 Å². The number of nitrogens with one attached hydrogen (secondary N) is 1. The zero-order chi connectivity index (χ0) is 16.1. The third-order valence-corrected chi connectivity index (χ3v) is 4.16. The topological polar surface area (TPSA) is 64.0 Å². The van der Waals surface area contributed by atoms with Gasteiger partial charge in [0.1, 0.15) is 0 Å². The van der Waals surface area contributed by atoms with E-state index in [-0.39, 0.29) is 11.5 Å². The molecule has 3 aromatic rings. The number of rotatable bonds is 5. The Morgan fingerprint density at radius 3 is 2.65 bits per heavy atom. The Morgan fingerprint density at radius 2 is 1.91 bits per heavy atom. The smallest absolute Gasteiger partial charge is 0.266 e. The van der Waals surface area contributed by atoms with Crippen molar-refractivity contribution >= 4 is 17.2 Å². The van der Waals surface area contributed by atoms with Crippen molar-refractivity contribution < 1.29 is 4.79 Å². The number of hydrogen-bond acceptors (Lipinski definition) is 4. The van der Waals surface area contributed by atoms with Crippen molar-refractivity contribution in [3.05, 3.63) is 75.2 Å². The van der Waals surface area contributed by atoms with Crippen molar-refractivity contribution in [2.75, 3.05) is 6.54 Å². The van der Waals surface area contributed by atoms with Gasteiger partial charge >= 0.3 is 0 Å². The summed E-state index contributed by atoms with van der Waals surface area (Å²) < 4.78 is 1.37. The van der Waals surface area contributed by atoms with Crippen LogP contribution >= 0.6 is 11.3 Å². The van der Waals surface area contributed by atoms with Crippen LogP contribution in [-0.4, -0.2) is 22.2 Å². The maximum Gasteiger partial charge on any atom is 0.266 e. The highest BCUT2D eigenvalue weighted by Crippen LogP contribution is 2.13. The summed E-state index contributed by atoms with van der Waals surface area (Å²) in [4.78, 5) is 24.4. The predicted octanol–water partition coefficient (Wildman–Crippen LogP) is 2.40. The molecular weight excluding hydrogens is 310 g/mol. The van der Waals surface area contributed by atoms with Crippen LogP contribution in [0.2, 0.25) is 0 Å². The minimum Gasteiger partial charge on any atom is -0.349 e. The van der Waals surface area contributed by atoms with Crippen molar-refractivity contribution in [1.82, 2.24) is 15.1 Å². The number of aromatic nitrogens is 2. The lowest BCUT2D eigenvalue weighted by Crippen LogP contribution is -2.31. The van der Waals surface area contributed by atoms with Crippen molar-refractivity contribution in [3.8, 4) is 11.3 Å². The largest absolute Gasteiger partial charge is 0.349 e. The van der Waals surface area contributed by atoms with Gasteiger partial charge < -0.3 is 5.32 Å². The molecule has 2 heterocycles. The van der Waals surface area contributed by atoms with E-state index in [1.807, 2.05) is 41.8 Å². The van der Waals surface area contributed by atoms with Crippen LogP contribution in [0.25, 0.3) is 11.3 Å². The minimum absolute atomic E-state index is 0.132. The highest BCUT2D eigenvalue weighted by Gasteiger charge is 2.07. The molecule has 1 amide bonds. The third-order valence-electron chi connectivity index (χ3n) is 3.29. The molecule has 0 saturated carbocycles. The monoisotopic (exact) mass is 325 g/mol. The fraction of sp³-hybridized carbons (Fsp3) is 0.118. The van der Waals surface area contributed by atoms with Gasteiger partial charge in [0.05, 0.1) is 17.1 Å². The zero-order valence-electron chi connectivity index (χ0n) is 12.3. The second-order valence-electron chi connectivity index (χ2n) is 4.88. The molecule has 6 heteroatoms. The molecular formula is C17H15N3O2S. The Bertz CT molecular complexity index is 842. The second kappa shape index (κ2) is 7.02. The minimum atomic E-state index is -0.185. The van der Waals surface area contributed by atoms with Crippen molar-refractivity contribution in [2.24, 2.45) is 0 Å². The number of nitrogens with zero attached hydrogens (tertiary/aromatic N) is 2. The van der Waals surface area contributed by atoms with E-state index >= 15 is 0 Å². The van der Waals surface area contributed by atoms with Gasteiger partial charge in [0.15, 0.2) is 0 Å². The first-order chi connectivity index (χ1) is 11.2. The van der Waals surface area contributed by atoms with E-state index in [1.165, 1.54) is 22.1 Å². The van der Waals surface area contributed by atoms with Crippen molar-refractivity contribution in [1.29, 1.82) is 0 Å². The summed E-state index contributed by atoms with van der Waals surface area (Å²) in [6.45, 7) is 0.679. The highest BCUT2D eigenvalue weighted by molar-refractivity contribution is 7.12. The van der Waals surface area contributed by atoms with Crippen molar-refractivity contribution in [2.45, 2.75) is 6.54 Å². The highest BCUT2D eigenvalue weighted by atomic mass is 32.1. The van der Waals surface area contributed by atoms with Gasteiger partial charge in [0.2, 0.25) is 0 Å². The first kappa shape index (κ1) is 15.2. The van der Waals surface area contributed by atoms with Crippen LogP contribution in [-0.2, 0) is 6.54 Å². The van der Waals surface area contributed by atoms with Crippen LogP contribution in [0.4, 0.5) is 0 Å². The molecule has 0 atom stereocenters. The summed E-state index contributed by atoms with van der Waals surface area (Å²) in [5.41, 5.74) is 1.49. The first-order valence-electron chi connectivity index (χ1n) is 7.19. The van der Waals surface area contributed by atoms with Crippen LogP contribution in [0.1, 0.15) is 9.67 Å². The Kier molecular flexibility index (Phi) is 4.63. The molecule has 2 aromatic heterocycles. The lowest BCUT2D eigenvalue weighted by Gasteiger charge is -2.08. The fourth-order valence-corrected chi connectivity index (χ4v) is 2.78. The lowest BCUT2D eigenvalue weighted by molar-refractivity contribution is 0.0956. The van der Waals surface area contributed by atoms with E-state index in [2.05, 4.69) is 10.4 Å². The summed E-state index contributed by atoms with van der Waals surface area (Å²) >= 11 is 1.38. The number of hydrogen-bond donors (Lipinski definition) is 1. The second-order valence-corrected chi connectivity index (χ2v) is 5.83. The first-order valence-corrected chi connectivity index (χ1v) is 8.07. The Morgan fingerprint density at radius 1 is 1.09 bits per heavy atom. The quantitative estimate of drug-likeness (QED) is 0.783. The summed E-state index contributed by atoms with van der Waals surface area (Å²) in [6, 6.07) is 16.5. The average molecular weight is 325 g/mol. The maximum absolute atomic E-state index is 11.9. The molecule has 0 bridgehead atoms. The SMILES string of the molecule is O=C(NCCn1nc(-c2ccccc2)ccc1=O)c1cccs1. The molecule has 5 nitrogen and oxygen atoms in total. The standard InChI is InChI=1S/C17H15N3O2S/c21-16-9-8-14(13-5-2-1-3-6-13)19-20(16)11-10-18-17(22)15-7-4-12-23-15/h1-9,12H,10-11H2,(H,18,22). The normalized spacial score (nSPS) is 10.4. The molecule has 0 unspecified atom stereocenters. The number of carbonyl (C=O) groups excluding carboxylic acids is 1. The average Bonchev–Trinajstić information content (AvgIpc) is 3.12. The molecule has 116 valence electrons. The number of thiophene rings is 1. The molecule has 0 radical (unpaired) electrons. The maximum atomic E-state index is 11.9. The predicted molar refractivity (Wildman–Crippen MR) is 90.6 cm³/mol. The summed E-state index contributed by atoms with van der Waals surface area (Å²) in [6.07, 6.45) is 0. The van der Waals surface area contributed by atoms with Crippen LogP contribution < -0.4 is 10.9 Å². The Labute approximate surface area is 137 Å². The van der Waals surface area contributed by atoms with Gasteiger partial charge in [-0.15, -0.1) is 11.3 Å². The van der Waals surface area contributed by atoms with E-state index in [9.17, 15) is 9.59 Å². The molecule has 0 spiro atoms. The van der Waals surface area contributed by atoms with Crippen LogP contribution in [0.5, 0.6) is 0 Å². The molecule has 0 aliphatic heterocycles. The van der Waals surface area contributed by atoms with Crippen LogP contribution in [0, 0.1) is 0 Å². The Balaban J connectivity index is 1.68. The van der Waals surface area contributed by atoms with Crippen molar-refractivity contribution in [3.63, 3.8) is 0 Å². The van der Waals surface area contributed by atoms with E-state index in [0.29, 0.717) is 18.0 Å². The van der Waals surface area contributed by atoms with E-state index in [0.717, 1.165) is 11.3 Å². The van der Waals surface area contributed by atoms with Crippen LogP contribution in [0.15, 0.2) is 64.8 Å². The molecule has 1 aromatic carbocycles. The third kappa shape index (κ3) is 3.73. The van der Waals surface area contributed by atoms with Crippen LogP contribution in [0.3, 0.4) is 0 Å².